The minimum absolute atomic E-state index is 0.362. The fraction of sp³-hybridized carbons (Fsp3) is 0.103. The van der Waals surface area contributed by atoms with Gasteiger partial charge in [-0.2, -0.15) is 5.10 Å². The number of carbonyl (C=O) groups excluding carboxylic acids is 1. The molecule has 0 heterocycles. The highest BCUT2D eigenvalue weighted by atomic mass is 35.5. The number of para-hydroxylation sites is 1. The number of nitrogens with zero attached hydrogens (tertiary/aromatic N) is 1. The SMILES string of the molecule is COc1cc(/C=N/NC(=O)c2ccccc2OCc2ccccc2)ccc1OCc1ccc(Cl)cc1. The Morgan fingerprint density at radius 2 is 1.47 bits per heavy atom. The van der Waals surface area contributed by atoms with Crippen LogP contribution in [0.2, 0.25) is 5.02 Å². The fourth-order valence-electron chi connectivity index (χ4n) is 3.37. The molecule has 4 aromatic carbocycles. The van der Waals surface area contributed by atoms with Crippen molar-refractivity contribution < 1.29 is 19.0 Å². The van der Waals surface area contributed by atoms with Crippen molar-refractivity contribution in [1.29, 1.82) is 0 Å². The third kappa shape index (κ3) is 6.87. The molecule has 0 aromatic heterocycles. The predicted molar refractivity (Wildman–Crippen MR) is 141 cm³/mol. The summed E-state index contributed by atoms with van der Waals surface area (Å²) < 4.78 is 17.2. The van der Waals surface area contributed by atoms with E-state index in [2.05, 4.69) is 10.5 Å². The molecule has 0 bridgehead atoms. The minimum atomic E-state index is -0.371. The van der Waals surface area contributed by atoms with Gasteiger partial charge in [-0.15, -0.1) is 0 Å². The molecule has 7 heteroatoms. The van der Waals surface area contributed by atoms with Gasteiger partial charge >= 0.3 is 0 Å². The molecule has 0 saturated carbocycles. The number of hydrazone groups is 1. The largest absolute Gasteiger partial charge is 0.493 e. The molecule has 0 radical (unpaired) electrons. The number of nitrogens with one attached hydrogen (secondary N) is 1. The summed E-state index contributed by atoms with van der Waals surface area (Å²) in [5.74, 6) is 1.26. The third-order valence-corrected chi connectivity index (χ3v) is 5.50. The van der Waals surface area contributed by atoms with Crippen LogP contribution in [-0.4, -0.2) is 19.2 Å². The first kappa shape index (κ1) is 24.8. The second kappa shape index (κ2) is 12.4. The van der Waals surface area contributed by atoms with Crippen LogP contribution in [0.3, 0.4) is 0 Å². The number of methoxy groups -OCH3 is 1. The Bertz CT molecular complexity index is 1320. The number of benzene rings is 4. The van der Waals surface area contributed by atoms with E-state index in [1.54, 1.807) is 37.4 Å². The summed E-state index contributed by atoms with van der Waals surface area (Å²) in [6.45, 7) is 0.739. The molecule has 182 valence electrons. The summed E-state index contributed by atoms with van der Waals surface area (Å²) in [7, 11) is 1.57. The molecule has 0 aliphatic heterocycles. The Morgan fingerprint density at radius 1 is 0.806 bits per heavy atom. The van der Waals surface area contributed by atoms with E-state index in [-0.39, 0.29) is 5.91 Å². The van der Waals surface area contributed by atoms with Crippen LogP contribution >= 0.6 is 11.6 Å². The average molecular weight is 501 g/mol. The zero-order valence-electron chi connectivity index (χ0n) is 19.7. The zero-order valence-corrected chi connectivity index (χ0v) is 20.4. The first-order valence-corrected chi connectivity index (χ1v) is 11.6. The van der Waals surface area contributed by atoms with Crippen molar-refractivity contribution >= 4 is 23.7 Å². The fourth-order valence-corrected chi connectivity index (χ4v) is 3.49. The smallest absolute Gasteiger partial charge is 0.275 e. The molecular weight excluding hydrogens is 476 g/mol. The quantitative estimate of drug-likeness (QED) is 0.206. The molecule has 0 unspecified atom stereocenters. The van der Waals surface area contributed by atoms with Crippen LogP contribution in [0.4, 0.5) is 0 Å². The number of rotatable bonds is 10. The van der Waals surface area contributed by atoms with Crippen LogP contribution in [-0.2, 0) is 13.2 Å². The molecule has 0 aliphatic carbocycles. The van der Waals surface area contributed by atoms with Gasteiger partial charge in [0.25, 0.3) is 5.91 Å². The number of ether oxygens (including phenoxy) is 3. The van der Waals surface area contributed by atoms with E-state index < -0.39 is 0 Å². The van der Waals surface area contributed by atoms with Gasteiger partial charge < -0.3 is 14.2 Å². The highest BCUT2D eigenvalue weighted by Gasteiger charge is 2.12. The summed E-state index contributed by atoms with van der Waals surface area (Å²) in [5.41, 5.74) is 5.69. The molecule has 1 N–H and O–H groups in total. The summed E-state index contributed by atoms with van der Waals surface area (Å²) in [6.07, 6.45) is 1.54. The van der Waals surface area contributed by atoms with Crippen molar-refractivity contribution in [2.45, 2.75) is 13.2 Å². The molecule has 0 atom stereocenters. The van der Waals surface area contributed by atoms with E-state index in [0.29, 0.717) is 41.0 Å². The number of carbonyl (C=O) groups is 1. The van der Waals surface area contributed by atoms with Gasteiger partial charge in [-0.05, 0) is 59.2 Å². The van der Waals surface area contributed by atoms with Crippen molar-refractivity contribution in [3.05, 3.63) is 124 Å². The van der Waals surface area contributed by atoms with E-state index in [0.717, 1.165) is 16.7 Å². The van der Waals surface area contributed by atoms with Crippen LogP contribution in [0.15, 0.2) is 102 Å². The molecule has 0 aliphatic rings. The maximum atomic E-state index is 12.7. The Kier molecular flexibility index (Phi) is 8.57. The number of halogens is 1. The Hall–Kier alpha value is -4.29. The van der Waals surface area contributed by atoms with Gasteiger partial charge in [-0.25, -0.2) is 5.43 Å². The number of amides is 1. The van der Waals surface area contributed by atoms with Crippen molar-refractivity contribution in [3.8, 4) is 17.2 Å². The second-order valence-electron chi connectivity index (χ2n) is 7.79. The van der Waals surface area contributed by atoms with Crippen molar-refractivity contribution in [1.82, 2.24) is 5.43 Å². The molecular formula is C29H25ClN2O4. The molecule has 4 rings (SSSR count). The molecule has 36 heavy (non-hydrogen) atoms. The number of hydrogen-bond acceptors (Lipinski definition) is 5. The molecule has 0 saturated heterocycles. The van der Waals surface area contributed by atoms with E-state index >= 15 is 0 Å². The van der Waals surface area contributed by atoms with Gasteiger partial charge in [0.15, 0.2) is 11.5 Å². The lowest BCUT2D eigenvalue weighted by molar-refractivity contribution is 0.0950. The topological polar surface area (TPSA) is 69.2 Å². The van der Waals surface area contributed by atoms with Crippen molar-refractivity contribution in [2.75, 3.05) is 7.11 Å². The molecule has 6 nitrogen and oxygen atoms in total. The molecule has 0 spiro atoms. The van der Waals surface area contributed by atoms with Crippen molar-refractivity contribution in [2.24, 2.45) is 5.10 Å². The summed E-state index contributed by atoms with van der Waals surface area (Å²) in [6, 6.07) is 29.7. The maximum Gasteiger partial charge on any atom is 0.275 e. The van der Waals surface area contributed by atoms with Gasteiger partial charge in [-0.3, -0.25) is 4.79 Å². The van der Waals surface area contributed by atoms with Gasteiger partial charge in [0.05, 0.1) is 18.9 Å². The van der Waals surface area contributed by atoms with Crippen LogP contribution in [0.5, 0.6) is 17.2 Å². The summed E-state index contributed by atoms with van der Waals surface area (Å²) in [5, 5.41) is 4.77. The minimum Gasteiger partial charge on any atom is -0.493 e. The summed E-state index contributed by atoms with van der Waals surface area (Å²) >= 11 is 5.93. The Morgan fingerprint density at radius 3 is 2.22 bits per heavy atom. The highest BCUT2D eigenvalue weighted by Crippen LogP contribution is 2.28. The lowest BCUT2D eigenvalue weighted by Gasteiger charge is -2.11. The standard InChI is InChI=1S/C29H25ClN2O4/c1-34-28-17-23(13-16-27(28)36-20-22-11-14-24(30)15-12-22)18-31-32-29(33)25-9-5-6-10-26(25)35-19-21-7-3-2-4-8-21/h2-18H,19-20H2,1H3,(H,32,33)/b31-18+. The van der Waals surface area contributed by atoms with Crippen molar-refractivity contribution in [3.63, 3.8) is 0 Å². The van der Waals surface area contributed by atoms with E-state index in [4.69, 9.17) is 25.8 Å². The van der Waals surface area contributed by atoms with Crippen LogP contribution in [0, 0.1) is 0 Å². The van der Waals surface area contributed by atoms with Crippen LogP contribution in [0.25, 0.3) is 0 Å². The van der Waals surface area contributed by atoms with E-state index in [1.165, 1.54) is 6.21 Å². The monoisotopic (exact) mass is 500 g/mol. The number of hydrogen-bond donors (Lipinski definition) is 1. The summed E-state index contributed by atoms with van der Waals surface area (Å²) in [4.78, 5) is 12.7. The van der Waals surface area contributed by atoms with Gasteiger partial charge in [0.2, 0.25) is 0 Å². The van der Waals surface area contributed by atoms with Crippen LogP contribution < -0.4 is 19.6 Å². The predicted octanol–water partition coefficient (Wildman–Crippen LogP) is 6.27. The average Bonchev–Trinajstić information content (AvgIpc) is 2.92. The van der Waals surface area contributed by atoms with Gasteiger partial charge in [-0.1, -0.05) is 66.2 Å². The molecule has 4 aromatic rings. The zero-order chi connectivity index (χ0) is 25.2. The van der Waals surface area contributed by atoms with E-state index in [9.17, 15) is 4.79 Å². The molecule has 0 fully saturated rings. The lowest BCUT2D eigenvalue weighted by atomic mass is 10.2. The second-order valence-corrected chi connectivity index (χ2v) is 8.23. The van der Waals surface area contributed by atoms with Gasteiger partial charge in [0.1, 0.15) is 19.0 Å². The first-order valence-electron chi connectivity index (χ1n) is 11.3. The van der Waals surface area contributed by atoms with Gasteiger partial charge in [0, 0.05) is 5.02 Å². The Balaban J connectivity index is 1.36. The van der Waals surface area contributed by atoms with E-state index in [1.807, 2.05) is 66.7 Å². The normalized spacial score (nSPS) is 10.7. The third-order valence-electron chi connectivity index (χ3n) is 5.24. The highest BCUT2D eigenvalue weighted by molar-refractivity contribution is 6.30. The Labute approximate surface area is 215 Å². The molecule has 1 amide bonds. The first-order chi connectivity index (χ1) is 17.6. The lowest BCUT2D eigenvalue weighted by Crippen LogP contribution is -2.18. The van der Waals surface area contributed by atoms with Crippen LogP contribution in [0.1, 0.15) is 27.0 Å². The maximum absolute atomic E-state index is 12.7.